The lowest BCUT2D eigenvalue weighted by Crippen LogP contribution is -2.49. The van der Waals surface area contributed by atoms with Crippen LogP contribution in [0, 0.1) is 23.7 Å². The quantitative estimate of drug-likeness (QED) is 0.827. The number of fused-ring (bicyclic) bond motifs is 2. The molecule has 18 heavy (non-hydrogen) atoms. The maximum atomic E-state index is 11.9. The van der Waals surface area contributed by atoms with Crippen molar-refractivity contribution < 1.29 is 4.79 Å². The number of hydrogen-bond donors (Lipinski definition) is 2. The van der Waals surface area contributed by atoms with Gasteiger partial charge in [-0.2, -0.15) is 0 Å². The molecule has 5 atom stereocenters. The number of carbonyl (C=O) groups excluding carboxylic acids is 1. The van der Waals surface area contributed by atoms with Crippen LogP contribution in [0.1, 0.15) is 46.5 Å². The van der Waals surface area contributed by atoms with E-state index in [4.69, 9.17) is 5.73 Å². The van der Waals surface area contributed by atoms with Gasteiger partial charge in [0.15, 0.2) is 0 Å². The molecule has 2 fully saturated rings. The minimum atomic E-state index is -0.365. The van der Waals surface area contributed by atoms with Gasteiger partial charge in [0.1, 0.15) is 0 Å². The molecule has 0 radical (unpaired) electrons. The van der Waals surface area contributed by atoms with E-state index in [2.05, 4.69) is 12.2 Å². The molecule has 106 valence electrons. The Kier molecular flexibility index (Phi) is 5.47. The molecule has 0 heterocycles. The number of halogens is 1. The van der Waals surface area contributed by atoms with Crippen LogP contribution in [0.4, 0.5) is 0 Å². The van der Waals surface area contributed by atoms with Crippen LogP contribution in [0.5, 0.6) is 0 Å². The van der Waals surface area contributed by atoms with Gasteiger partial charge in [0.05, 0.1) is 6.04 Å². The number of amides is 1. The Hall–Kier alpha value is -0.280. The summed E-state index contributed by atoms with van der Waals surface area (Å²) in [5.74, 6) is 2.71. The zero-order valence-electron chi connectivity index (χ0n) is 11.7. The molecule has 2 rings (SSSR count). The number of hydrogen-bond acceptors (Lipinski definition) is 2. The highest BCUT2D eigenvalue weighted by Crippen LogP contribution is 2.49. The minimum absolute atomic E-state index is 0. The van der Waals surface area contributed by atoms with Crippen LogP contribution in [0.25, 0.3) is 0 Å². The van der Waals surface area contributed by atoms with Gasteiger partial charge in [0.2, 0.25) is 5.91 Å². The highest BCUT2D eigenvalue weighted by molar-refractivity contribution is 5.85. The number of carbonyl (C=O) groups is 1. The predicted octanol–water partition coefficient (Wildman–Crippen LogP) is 2.33. The summed E-state index contributed by atoms with van der Waals surface area (Å²) in [5.41, 5.74) is 5.87. The summed E-state index contributed by atoms with van der Waals surface area (Å²) in [5, 5.41) is 3.12. The van der Waals surface area contributed by atoms with Gasteiger partial charge in [-0.25, -0.2) is 0 Å². The highest BCUT2D eigenvalue weighted by Gasteiger charge is 2.42. The molecule has 2 saturated carbocycles. The van der Waals surface area contributed by atoms with Gasteiger partial charge in [-0.1, -0.05) is 20.3 Å². The number of rotatable bonds is 4. The predicted molar refractivity (Wildman–Crippen MR) is 76.6 cm³/mol. The van der Waals surface area contributed by atoms with Crippen LogP contribution in [-0.4, -0.2) is 18.0 Å². The third-order valence-corrected chi connectivity index (χ3v) is 4.83. The van der Waals surface area contributed by atoms with Crippen molar-refractivity contribution in [1.29, 1.82) is 0 Å². The zero-order chi connectivity index (χ0) is 12.6. The van der Waals surface area contributed by atoms with E-state index in [9.17, 15) is 4.79 Å². The average Bonchev–Trinajstić information content (AvgIpc) is 2.89. The first-order valence-electron chi connectivity index (χ1n) is 7.05. The van der Waals surface area contributed by atoms with Crippen LogP contribution in [0.15, 0.2) is 0 Å². The summed E-state index contributed by atoms with van der Waals surface area (Å²) in [6.07, 6.45) is 5.48. The van der Waals surface area contributed by atoms with Crippen LogP contribution in [0.2, 0.25) is 0 Å². The first kappa shape index (κ1) is 15.8. The van der Waals surface area contributed by atoms with E-state index in [0.717, 1.165) is 11.8 Å². The third-order valence-electron chi connectivity index (χ3n) is 4.83. The molecule has 4 heteroatoms. The van der Waals surface area contributed by atoms with E-state index in [0.29, 0.717) is 12.0 Å². The average molecular weight is 275 g/mol. The molecule has 0 aliphatic heterocycles. The Balaban J connectivity index is 0.00000162. The second kappa shape index (κ2) is 6.25. The smallest absolute Gasteiger partial charge is 0.237 e. The van der Waals surface area contributed by atoms with Gasteiger partial charge in [-0.05, 0) is 49.9 Å². The summed E-state index contributed by atoms with van der Waals surface area (Å²) in [4.78, 5) is 11.9. The second-order valence-corrected chi connectivity index (χ2v) is 6.41. The first-order chi connectivity index (χ1) is 7.99. The van der Waals surface area contributed by atoms with Crippen LogP contribution >= 0.6 is 12.4 Å². The Morgan fingerprint density at radius 1 is 1.22 bits per heavy atom. The summed E-state index contributed by atoms with van der Waals surface area (Å²) >= 11 is 0. The molecule has 0 spiro atoms. The molecular weight excluding hydrogens is 248 g/mol. The van der Waals surface area contributed by atoms with Crippen LogP contribution in [0.3, 0.4) is 0 Å². The van der Waals surface area contributed by atoms with Crippen LogP contribution < -0.4 is 11.1 Å². The van der Waals surface area contributed by atoms with Gasteiger partial charge < -0.3 is 11.1 Å². The lowest BCUT2D eigenvalue weighted by Gasteiger charge is -2.29. The molecule has 3 nitrogen and oxygen atoms in total. The first-order valence-corrected chi connectivity index (χ1v) is 7.05. The summed E-state index contributed by atoms with van der Waals surface area (Å²) < 4.78 is 0. The SMILES string of the molecule is CC(C)C(N)C(=O)NC(C)C1CC2CCC1C2.Cl. The van der Waals surface area contributed by atoms with Crippen molar-refractivity contribution in [2.24, 2.45) is 29.4 Å². The molecule has 5 unspecified atom stereocenters. The Morgan fingerprint density at radius 3 is 2.33 bits per heavy atom. The fourth-order valence-corrected chi connectivity index (χ4v) is 3.64. The van der Waals surface area contributed by atoms with Crippen molar-refractivity contribution in [1.82, 2.24) is 5.32 Å². The van der Waals surface area contributed by atoms with E-state index >= 15 is 0 Å². The zero-order valence-corrected chi connectivity index (χ0v) is 12.5. The van der Waals surface area contributed by atoms with Gasteiger partial charge in [0.25, 0.3) is 0 Å². The number of nitrogens with two attached hydrogens (primary N) is 1. The minimum Gasteiger partial charge on any atom is -0.352 e. The summed E-state index contributed by atoms with van der Waals surface area (Å²) in [7, 11) is 0. The van der Waals surface area contributed by atoms with Gasteiger partial charge in [-0.3, -0.25) is 4.79 Å². The van der Waals surface area contributed by atoms with Crippen molar-refractivity contribution >= 4 is 18.3 Å². The molecule has 0 saturated heterocycles. The monoisotopic (exact) mass is 274 g/mol. The molecule has 0 aromatic carbocycles. The molecule has 2 aliphatic carbocycles. The van der Waals surface area contributed by atoms with E-state index < -0.39 is 0 Å². The molecule has 0 aromatic heterocycles. The topological polar surface area (TPSA) is 55.1 Å². The summed E-state index contributed by atoms with van der Waals surface area (Å²) in [6, 6.07) is -0.0707. The standard InChI is InChI=1S/C14H26N2O.ClH/c1-8(2)13(15)14(17)16-9(3)12-7-10-4-5-11(12)6-10;/h8-13H,4-7,15H2,1-3H3,(H,16,17);1H. The van der Waals surface area contributed by atoms with Crippen molar-refractivity contribution in [3.8, 4) is 0 Å². The Labute approximate surface area is 117 Å². The fraction of sp³-hybridized carbons (Fsp3) is 0.929. The van der Waals surface area contributed by atoms with E-state index in [1.165, 1.54) is 25.7 Å². The maximum Gasteiger partial charge on any atom is 0.237 e. The molecule has 1 amide bonds. The molecule has 3 N–H and O–H groups in total. The van der Waals surface area contributed by atoms with Crippen molar-refractivity contribution in [3.05, 3.63) is 0 Å². The Bertz CT molecular complexity index is 296. The number of nitrogens with one attached hydrogen (secondary N) is 1. The molecular formula is C14H27ClN2O. The summed E-state index contributed by atoms with van der Waals surface area (Å²) in [6.45, 7) is 6.13. The molecule has 2 aliphatic rings. The normalized spacial score (nSPS) is 33.1. The van der Waals surface area contributed by atoms with E-state index in [-0.39, 0.29) is 30.3 Å². The van der Waals surface area contributed by atoms with Crippen molar-refractivity contribution in [3.63, 3.8) is 0 Å². The lowest BCUT2D eigenvalue weighted by atomic mass is 9.84. The van der Waals surface area contributed by atoms with Crippen molar-refractivity contribution in [2.75, 3.05) is 0 Å². The van der Waals surface area contributed by atoms with Crippen LogP contribution in [-0.2, 0) is 4.79 Å². The van der Waals surface area contributed by atoms with Crippen molar-refractivity contribution in [2.45, 2.75) is 58.5 Å². The van der Waals surface area contributed by atoms with Gasteiger partial charge in [-0.15, -0.1) is 12.4 Å². The van der Waals surface area contributed by atoms with Gasteiger partial charge >= 0.3 is 0 Å². The molecule has 0 aromatic rings. The van der Waals surface area contributed by atoms with E-state index in [1.54, 1.807) is 0 Å². The fourth-order valence-electron chi connectivity index (χ4n) is 3.64. The highest BCUT2D eigenvalue weighted by atomic mass is 35.5. The third kappa shape index (κ3) is 3.18. The molecule has 2 bridgehead atoms. The van der Waals surface area contributed by atoms with E-state index in [1.807, 2.05) is 13.8 Å². The largest absolute Gasteiger partial charge is 0.352 e. The Morgan fingerprint density at radius 2 is 1.89 bits per heavy atom. The lowest BCUT2D eigenvalue weighted by molar-refractivity contribution is -0.124. The second-order valence-electron chi connectivity index (χ2n) is 6.41. The maximum absolute atomic E-state index is 11.9. The van der Waals surface area contributed by atoms with Gasteiger partial charge in [0, 0.05) is 6.04 Å².